The summed E-state index contributed by atoms with van der Waals surface area (Å²) < 4.78 is 10.5. The molecular weight excluding hydrogens is 280 g/mol. The van der Waals surface area contributed by atoms with Gasteiger partial charge in [0.2, 0.25) is 6.79 Å². The van der Waals surface area contributed by atoms with Gasteiger partial charge in [0.25, 0.3) is 5.91 Å². The second-order valence-electron chi connectivity index (χ2n) is 5.11. The highest BCUT2D eigenvalue weighted by Gasteiger charge is 2.22. The van der Waals surface area contributed by atoms with Crippen LogP contribution in [0.15, 0.2) is 18.2 Å². The predicted octanol–water partition coefficient (Wildman–Crippen LogP) is 1.52. The van der Waals surface area contributed by atoms with Crippen molar-refractivity contribution in [1.29, 1.82) is 0 Å². The molecule has 0 saturated carbocycles. The summed E-state index contributed by atoms with van der Waals surface area (Å²) in [4.78, 5) is 14.1. The predicted molar refractivity (Wildman–Crippen MR) is 77.8 cm³/mol. The lowest BCUT2D eigenvalue weighted by Crippen LogP contribution is -2.32. The molecule has 110 valence electrons. The molecule has 1 aromatic carbocycles. The van der Waals surface area contributed by atoms with Crippen LogP contribution >= 0.6 is 12.4 Å². The molecule has 0 spiro atoms. The van der Waals surface area contributed by atoms with Gasteiger partial charge in [0, 0.05) is 19.2 Å². The first kappa shape index (κ1) is 14.9. The number of benzene rings is 1. The van der Waals surface area contributed by atoms with Crippen LogP contribution < -0.4 is 14.8 Å². The van der Waals surface area contributed by atoms with E-state index >= 15 is 0 Å². The number of ether oxygens (including phenoxy) is 2. The lowest BCUT2D eigenvalue weighted by molar-refractivity contribution is 0.0775. The molecule has 0 bridgehead atoms. The third kappa shape index (κ3) is 2.99. The van der Waals surface area contributed by atoms with Crippen molar-refractivity contribution >= 4 is 18.3 Å². The van der Waals surface area contributed by atoms with Crippen LogP contribution in [0.4, 0.5) is 0 Å². The Balaban J connectivity index is 0.00000147. The van der Waals surface area contributed by atoms with Crippen molar-refractivity contribution in [1.82, 2.24) is 10.2 Å². The minimum Gasteiger partial charge on any atom is -0.454 e. The minimum atomic E-state index is 0. The topological polar surface area (TPSA) is 50.8 Å². The summed E-state index contributed by atoms with van der Waals surface area (Å²) in [5.74, 6) is 1.95. The highest BCUT2D eigenvalue weighted by Crippen LogP contribution is 2.32. The normalized spacial score (nSPS) is 19.6. The number of nitrogens with one attached hydrogen (secondary N) is 1. The Kier molecular flexibility index (Phi) is 4.73. The van der Waals surface area contributed by atoms with E-state index in [1.807, 2.05) is 7.05 Å². The quantitative estimate of drug-likeness (QED) is 0.919. The van der Waals surface area contributed by atoms with E-state index in [0.29, 0.717) is 23.0 Å². The van der Waals surface area contributed by atoms with Crippen LogP contribution in [0.5, 0.6) is 11.5 Å². The van der Waals surface area contributed by atoms with Crippen molar-refractivity contribution in [2.75, 3.05) is 33.5 Å². The Hall–Kier alpha value is -1.46. The van der Waals surface area contributed by atoms with Crippen molar-refractivity contribution in [2.45, 2.75) is 6.42 Å². The van der Waals surface area contributed by atoms with Crippen LogP contribution in [0.1, 0.15) is 16.8 Å². The van der Waals surface area contributed by atoms with E-state index in [-0.39, 0.29) is 25.1 Å². The number of halogens is 1. The van der Waals surface area contributed by atoms with Gasteiger partial charge >= 0.3 is 0 Å². The van der Waals surface area contributed by atoms with Crippen LogP contribution in [0.2, 0.25) is 0 Å². The molecule has 0 radical (unpaired) electrons. The van der Waals surface area contributed by atoms with E-state index in [2.05, 4.69) is 5.32 Å². The van der Waals surface area contributed by atoms with Gasteiger partial charge in [-0.15, -0.1) is 12.4 Å². The average Bonchev–Trinajstić information content (AvgIpc) is 3.07. The fourth-order valence-corrected chi connectivity index (χ4v) is 2.59. The number of carbonyl (C=O) groups is 1. The van der Waals surface area contributed by atoms with E-state index in [4.69, 9.17) is 9.47 Å². The molecule has 2 aliphatic heterocycles. The molecule has 1 aromatic rings. The maximum Gasteiger partial charge on any atom is 0.253 e. The van der Waals surface area contributed by atoms with Gasteiger partial charge in [0.15, 0.2) is 11.5 Å². The fourth-order valence-electron chi connectivity index (χ4n) is 2.59. The van der Waals surface area contributed by atoms with Crippen LogP contribution in [0.3, 0.4) is 0 Å². The summed E-state index contributed by atoms with van der Waals surface area (Å²) in [6.45, 7) is 3.08. The number of amides is 1. The molecule has 0 aromatic heterocycles. The van der Waals surface area contributed by atoms with E-state index in [0.717, 1.165) is 26.1 Å². The SMILES string of the molecule is CN(CC1CCNC1)C(=O)c1ccc2c(c1)OCO2.Cl. The van der Waals surface area contributed by atoms with Crippen molar-refractivity contribution in [3.8, 4) is 11.5 Å². The largest absolute Gasteiger partial charge is 0.454 e. The average molecular weight is 299 g/mol. The summed E-state index contributed by atoms with van der Waals surface area (Å²) in [6.07, 6.45) is 1.14. The molecule has 1 atom stereocenters. The highest BCUT2D eigenvalue weighted by molar-refractivity contribution is 5.94. The maximum absolute atomic E-state index is 12.3. The van der Waals surface area contributed by atoms with Crippen LogP contribution in [0, 0.1) is 5.92 Å². The van der Waals surface area contributed by atoms with E-state index < -0.39 is 0 Å². The van der Waals surface area contributed by atoms with E-state index in [1.165, 1.54) is 0 Å². The fraction of sp³-hybridized carbons (Fsp3) is 0.500. The van der Waals surface area contributed by atoms with Gasteiger partial charge in [-0.3, -0.25) is 4.79 Å². The summed E-state index contributed by atoms with van der Waals surface area (Å²) >= 11 is 0. The van der Waals surface area contributed by atoms with E-state index in [9.17, 15) is 4.79 Å². The second kappa shape index (κ2) is 6.33. The summed E-state index contributed by atoms with van der Waals surface area (Å²) in [7, 11) is 1.85. The molecule has 1 fully saturated rings. The number of hydrogen-bond acceptors (Lipinski definition) is 4. The molecule has 1 saturated heterocycles. The highest BCUT2D eigenvalue weighted by atomic mass is 35.5. The first-order valence-corrected chi connectivity index (χ1v) is 6.60. The Morgan fingerprint density at radius 2 is 2.20 bits per heavy atom. The van der Waals surface area contributed by atoms with Crippen LogP contribution in [0.25, 0.3) is 0 Å². The summed E-state index contributed by atoms with van der Waals surface area (Å²) in [5, 5.41) is 3.32. The Morgan fingerprint density at radius 1 is 1.40 bits per heavy atom. The van der Waals surface area contributed by atoms with Crippen molar-refractivity contribution in [3.63, 3.8) is 0 Å². The maximum atomic E-state index is 12.3. The zero-order valence-electron chi connectivity index (χ0n) is 11.4. The van der Waals surface area contributed by atoms with Gasteiger partial charge in [-0.05, 0) is 43.6 Å². The molecule has 20 heavy (non-hydrogen) atoms. The van der Waals surface area contributed by atoms with Crippen molar-refractivity contribution in [3.05, 3.63) is 23.8 Å². The van der Waals surface area contributed by atoms with Gasteiger partial charge in [0.1, 0.15) is 0 Å². The number of fused-ring (bicyclic) bond motifs is 1. The van der Waals surface area contributed by atoms with Crippen molar-refractivity contribution < 1.29 is 14.3 Å². The molecule has 2 heterocycles. The molecule has 1 N–H and O–H groups in total. The second-order valence-corrected chi connectivity index (χ2v) is 5.11. The third-order valence-corrected chi connectivity index (χ3v) is 3.66. The smallest absolute Gasteiger partial charge is 0.253 e. The molecule has 1 amide bonds. The van der Waals surface area contributed by atoms with Gasteiger partial charge in [-0.1, -0.05) is 0 Å². The summed E-state index contributed by atoms with van der Waals surface area (Å²) in [6, 6.07) is 5.34. The number of carbonyl (C=O) groups excluding carboxylic acids is 1. The zero-order valence-corrected chi connectivity index (χ0v) is 12.2. The van der Waals surface area contributed by atoms with Crippen molar-refractivity contribution in [2.24, 2.45) is 5.92 Å². The van der Waals surface area contributed by atoms with Gasteiger partial charge in [-0.2, -0.15) is 0 Å². The number of nitrogens with zero attached hydrogens (tertiary/aromatic N) is 1. The lowest BCUT2D eigenvalue weighted by Gasteiger charge is -2.20. The van der Waals surface area contributed by atoms with Gasteiger partial charge in [0.05, 0.1) is 0 Å². The molecule has 0 aliphatic carbocycles. The zero-order chi connectivity index (χ0) is 13.2. The lowest BCUT2D eigenvalue weighted by atomic mass is 10.1. The first-order chi connectivity index (χ1) is 9.24. The first-order valence-electron chi connectivity index (χ1n) is 6.60. The third-order valence-electron chi connectivity index (χ3n) is 3.66. The molecule has 5 nitrogen and oxygen atoms in total. The molecular formula is C14H19ClN2O3. The molecule has 1 unspecified atom stereocenters. The van der Waals surface area contributed by atoms with Gasteiger partial charge in [-0.25, -0.2) is 0 Å². The standard InChI is InChI=1S/C14H18N2O3.ClH/c1-16(8-10-4-5-15-7-10)14(17)11-2-3-12-13(6-11)19-9-18-12;/h2-3,6,10,15H,4-5,7-9H2,1H3;1H. The Bertz CT molecular complexity index is 489. The van der Waals surface area contributed by atoms with E-state index in [1.54, 1.807) is 23.1 Å². The Labute approximate surface area is 124 Å². The molecule has 3 rings (SSSR count). The van der Waals surface area contributed by atoms with Crippen LogP contribution in [-0.2, 0) is 0 Å². The number of rotatable bonds is 3. The van der Waals surface area contributed by atoms with Crippen LogP contribution in [-0.4, -0.2) is 44.3 Å². The minimum absolute atomic E-state index is 0. The molecule has 2 aliphatic rings. The number of hydrogen-bond donors (Lipinski definition) is 1. The van der Waals surface area contributed by atoms with Gasteiger partial charge < -0.3 is 19.7 Å². The monoisotopic (exact) mass is 298 g/mol. The molecule has 6 heteroatoms. The Morgan fingerprint density at radius 3 is 2.95 bits per heavy atom. The summed E-state index contributed by atoms with van der Waals surface area (Å²) in [5.41, 5.74) is 0.651.